The zero-order valence-electron chi connectivity index (χ0n) is 23.1. The van der Waals surface area contributed by atoms with Crippen LogP contribution in [0.4, 0.5) is 0 Å². The number of H-pyrrole nitrogens is 1. The van der Waals surface area contributed by atoms with Crippen LogP contribution in [0.2, 0.25) is 0 Å². The van der Waals surface area contributed by atoms with Crippen LogP contribution >= 0.6 is 12.4 Å². The largest absolute Gasteiger partial charge is 0.361 e. The molecule has 0 bridgehead atoms. The maximum atomic E-state index is 13.3. The van der Waals surface area contributed by atoms with Crippen molar-refractivity contribution in [3.63, 3.8) is 0 Å². The Morgan fingerprint density at radius 1 is 0.950 bits per heavy atom. The van der Waals surface area contributed by atoms with Crippen molar-refractivity contribution in [2.24, 2.45) is 5.92 Å². The van der Waals surface area contributed by atoms with Gasteiger partial charge in [0.1, 0.15) is 0 Å². The Kier molecular flexibility index (Phi) is 9.88. The van der Waals surface area contributed by atoms with Crippen LogP contribution in [-0.4, -0.2) is 58.0 Å². The van der Waals surface area contributed by atoms with Crippen molar-refractivity contribution in [2.45, 2.75) is 45.6 Å². The van der Waals surface area contributed by atoms with Crippen molar-refractivity contribution in [3.05, 3.63) is 71.5 Å². The molecule has 1 saturated heterocycles. The number of aromatic amines is 1. The average Bonchev–Trinajstić information content (AvgIpc) is 3.61. The maximum absolute atomic E-state index is 13.3. The minimum atomic E-state index is 0. The van der Waals surface area contributed by atoms with Gasteiger partial charge in [-0.15, -0.1) is 12.4 Å². The number of rotatable bonds is 4. The van der Waals surface area contributed by atoms with Crippen molar-refractivity contribution in [1.82, 2.24) is 19.4 Å². The topological polar surface area (TPSA) is 91.8 Å². The Hall–Kier alpha value is -3.78. The lowest BCUT2D eigenvalue weighted by Crippen LogP contribution is -2.48. The number of nitriles is 2. The van der Waals surface area contributed by atoms with Crippen molar-refractivity contribution < 1.29 is 4.79 Å². The lowest BCUT2D eigenvalue weighted by atomic mass is 9.89. The standard InChI is InChI=1S/C23H30N4O.C9H6N2.ClH/c1-2-25-10-12-26(13-11-25)23(28)21-17-27(16-18-6-4-3-5-7-18)22-14-19(15-24)8-9-20(21)22;10-6-7-1-2-8-3-4-11-9(8)5-7;/h8-9,14,17-18H,2-7,10-13,16H2,1H3;1-5,11H;1H. The van der Waals surface area contributed by atoms with Crippen LogP contribution in [0.5, 0.6) is 0 Å². The second-order valence-electron chi connectivity index (χ2n) is 10.7. The summed E-state index contributed by atoms with van der Waals surface area (Å²) in [6.45, 7) is 7.63. The van der Waals surface area contributed by atoms with Gasteiger partial charge in [0.15, 0.2) is 0 Å². The molecule has 2 aromatic carbocycles. The van der Waals surface area contributed by atoms with E-state index in [0.717, 1.165) is 66.6 Å². The van der Waals surface area contributed by atoms with Crippen LogP contribution < -0.4 is 0 Å². The molecule has 0 unspecified atom stereocenters. The summed E-state index contributed by atoms with van der Waals surface area (Å²) in [6, 6.07) is 17.7. The zero-order chi connectivity index (χ0) is 27.2. The number of fused-ring (bicyclic) bond motifs is 2. The molecule has 208 valence electrons. The van der Waals surface area contributed by atoms with Gasteiger partial charge in [-0.25, -0.2) is 0 Å². The number of carbonyl (C=O) groups excluding carboxylic acids is 1. The summed E-state index contributed by atoms with van der Waals surface area (Å²) in [7, 11) is 0. The lowest BCUT2D eigenvalue weighted by molar-refractivity contribution is 0.0645. The minimum Gasteiger partial charge on any atom is -0.361 e. The summed E-state index contributed by atoms with van der Waals surface area (Å²) in [5.41, 5.74) is 4.19. The first-order valence-electron chi connectivity index (χ1n) is 14.1. The molecular weight excluding hydrogens is 520 g/mol. The van der Waals surface area contributed by atoms with Gasteiger partial charge in [-0.1, -0.05) is 38.3 Å². The summed E-state index contributed by atoms with van der Waals surface area (Å²) in [4.78, 5) is 20.7. The SMILES string of the molecule is CCN1CCN(C(=O)c2cn(CC3CCCCC3)c3cc(C#N)ccc23)CC1.Cl.N#Cc1ccc2cc[nH]c2c1. The molecule has 0 radical (unpaired) electrons. The number of piperazine rings is 1. The summed E-state index contributed by atoms with van der Waals surface area (Å²) >= 11 is 0. The first-order chi connectivity index (χ1) is 19.1. The fraction of sp³-hybridized carbons (Fsp3) is 0.406. The molecule has 0 spiro atoms. The van der Waals surface area contributed by atoms with Gasteiger partial charge in [-0.2, -0.15) is 10.5 Å². The monoisotopic (exact) mass is 556 g/mol. The van der Waals surface area contributed by atoms with Crippen molar-refractivity contribution in [3.8, 4) is 12.1 Å². The quantitative estimate of drug-likeness (QED) is 0.318. The Morgan fingerprint density at radius 3 is 2.35 bits per heavy atom. The predicted molar refractivity (Wildman–Crippen MR) is 162 cm³/mol. The summed E-state index contributed by atoms with van der Waals surface area (Å²) < 4.78 is 2.24. The second-order valence-corrected chi connectivity index (χ2v) is 10.7. The molecule has 3 heterocycles. The highest BCUT2D eigenvalue weighted by Gasteiger charge is 2.25. The first kappa shape index (κ1) is 29.2. The van der Waals surface area contributed by atoms with Crippen LogP contribution in [0, 0.1) is 28.6 Å². The Bertz CT molecular complexity index is 1530. The average molecular weight is 557 g/mol. The third-order valence-corrected chi connectivity index (χ3v) is 8.21. The van der Waals surface area contributed by atoms with Crippen LogP contribution in [0.25, 0.3) is 21.8 Å². The molecule has 1 aliphatic carbocycles. The molecule has 40 heavy (non-hydrogen) atoms. The van der Waals surface area contributed by atoms with Crippen LogP contribution in [-0.2, 0) is 6.54 Å². The molecule has 2 fully saturated rings. The molecule has 1 N–H and O–H groups in total. The maximum Gasteiger partial charge on any atom is 0.256 e. The third kappa shape index (κ3) is 6.50. The van der Waals surface area contributed by atoms with Gasteiger partial charge in [0.25, 0.3) is 5.91 Å². The van der Waals surface area contributed by atoms with Gasteiger partial charge in [-0.3, -0.25) is 4.79 Å². The highest BCUT2D eigenvalue weighted by Crippen LogP contribution is 2.30. The number of halogens is 1. The summed E-state index contributed by atoms with van der Waals surface area (Å²) in [5.74, 6) is 0.805. The smallest absolute Gasteiger partial charge is 0.256 e. The van der Waals surface area contributed by atoms with E-state index in [-0.39, 0.29) is 18.3 Å². The molecular formula is C32H37ClN6O. The molecule has 8 heteroatoms. The predicted octanol–water partition coefficient (Wildman–Crippen LogP) is 6.33. The number of hydrogen-bond acceptors (Lipinski definition) is 4. The highest BCUT2D eigenvalue weighted by atomic mass is 35.5. The molecule has 1 aliphatic heterocycles. The zero-order valence-corrected chi connectivity index (χ0v) is 23.9. The van der Waals surface area contributed by atoms with E-state index in [4.69, 9.17) is 5.26 Å². The number of carbonyl (C=O) groups is 1. The van der Waals surface area contributed by atoms with E-state index in [2.05, 4.69) is 39.7 Å². The fourth-order valence-corrected chi connectivity index (χ4v) is 5.89. The Balaban J connectivity index is 0.000000258. The molecule has 7 nitrogen and oxygen atoms in total. The number of nitrogens with zero attached hydrogens (tertiary/aromatic N) is 5. The minimum absolute atomic E-state index is 0. The lowest BCUT2D eigenvalue weighted by Gasteiger charge is -2.34. The number of likely N-dealkylation sites (N-methyl/N-ethyl adjacent to an activating group) is 1. The van der Waals surface area contributed by atoms with E-state index in [1.165, 1.54) is 32.1 Å². The molecule has 0 atom stereocenters. The van der Waals surface area contributed by atoms with Gasteiger partial charge in [0.2, 0.25) is 0 Å². The number of benzene rings is 2. The molecule has 1 saturated carbocycles. The molecule has 4 aromatic rings. The van der Waals surface area contributed by atoms with E-state index < -0.39 is 0 Å². The van der Waals surface area contributed by atoms with Crippen LogP contribution in [0.15, 0.2) is 54.9 Å². The van der Waals surface area contributed by atoms with Gasteiger partial charge < -0.3 is 19.4 Å². The van der Waals surface area contributed by atoms with Crippen molar-refractivity contribution in [1.29, 1.82) is 10.5 Å². The number of hydrogen-bond donors (Lipinski definition) is 1. The highest BCUT2D eigenvalue weighted by molar-refractivity contribution is 6.07. The summed E-state index contributed by atoms with van der Waals surface area (Å²) in [5, 5.41) is 20.0. The van der Waals surface area contributed by atoms with Crippen molar-refractivity contribution in [2.75, 3.05) is 32.7 Å². The van der Waals surface area contributed by atoms with E-state index in [1.807, 2.05) is 53.6 Å². The normalized spacial score (nSPS) is 16.0. The fourth-order valence-electron chi connectivity index (χ4n) is 5.89. The molecule has 1 amide bonds. The van der Waals surface area contributed by atoms with E-state index in [0.29, 0.717) is 17.0 Å². The summed E-state index contributed by atoms with van der Waals surface area (Å²) in [6.07, 6.45) is 10.4. The molecule has 2 aliphatic rings. The molecule has 2 aromatic heterocycles. The van der Waals surface area contributed by atoms with Crippen LogP contribution in [0.3, 0.4) is 0 Å². The van der Waals surface area contributed by atoms with Gasteiger partial charge in [-0.05, 0) is 61.0 Å². The van der Waals surface area contributed by atoms with Gasteiger partial charge >= 0.3 is 0 Å². The van der Waals surface area contributed by atoms with Crippen LogP contribution in [0.1, 0.15) is 60.5 Å². The number of aromatic nitrogens is 2. The van der Waals surface area contributed by atoms with E-state index in [1.54, 1.807) is 0 Å². The number of amides is 1. The third-order valence-electron chi connectivity index (χ3n) is 8.21. The first-order valence-corrected chi connectivity index (χ1v) is 14.1. The van der Waals surface area contributed by atoms with Gasteiger partial charge in [0.05, 0.1) is 34.3 Å². The molecule has 6 rings (SSSR count). The van der Waals surface area contributed by atoms with Gasteiger partial charge in [0, 0.05) is 56.0 Å². The Morgan fingerprint density at radius 2 is 1.65 bits per heavy atom. The van der Waals surface area contributed by atoms with Crippen molar-refractivity contribution >= 4 is 40.1 Å². The van der Waals surface area contributed by atoms with E-state index >= 15 is 0 Å². The second kappa shape index (κ2) is 13.5. The Labute approximate surface area is 242 Å². The number of nitrogens with one attached hydrogen (secondary N) is 1. The van der Waals surface area contributed by atoms with E-state index in [9.17, 15) is 10.1 Å².